The van der Waals surface area contributed by atoms with E-state index in [-0.39, 0.29) is 11.1 Å². The molecule has 13 heavy (non-hydrogen) atoms. The Hall–Kier alpha value is -1.37. The Balaban J connectivity index is 2.38. The van der Waals surface area contributed by atoms with E-state index in [2.05, 4.69) is 36.2 Å². The van der Waals surface area contributed by atoms with Crippen molar-refractivity contribution >= 4 is 33.7 Å². The maximum Gasteiger partial charge on any atom is 0.327 e. The maximum absolute atomic E-state index is 10.9. The first kappa shape index (κ1) is 9.72. The molecule has 70 valence electrons. The van der Waals surface area contributed by atoms with E-state index in [1.54, 1.807) is 0 Å². The molecule has 0 bridgehead atoms. The van der Waals surface area contributed by atoms with Crippen molar-refractivity contribution in [1.82, 2.24) is 10.5 Å². The first-order valence-electron chi connectivity index (χ1n) is 3.29. The van der Waals surface area contributed by atoms with Gasteiger partial charge in [0.1, 0.15) is 6.26 Å². The SMILES string of the molecule is O=C(CBr)NC(=O)Nc1ccon1. The molecule has 0 radical (unpaired) electrons. The first-order valence-corrected chi connectivity index (χ1v) is 4.41. The number of hydrogen-bond donors (Lipinski definition) is 2. The topological polar surface area (TPSA) is 84.2 Å². The van der Waals surface area contributed by atoms with Crippen molar-refractivity contribution < 1.29 is 14.1 Å². The molecule has 1 heterocycles. The predicted molar refractivity (Wildman–Crippen MR) is 47.5 cm³/mol. The first-order chi connectivity index (χ1) is 6.22. The second kappa shape index (κ2) is 4.61. The maximum atomic E-state index is 10.9. The Labute approximate surface area is 81.8 Å². The number of rotatable bonds is 2. The fourth-order valence-electron chi connectivity index (χ4n) is 0.585. The summed E-state index contributed by atoms with van der Waals surface area (Å²) < 4.78 is 4.46. The van der Waals surface area contributed by atoms with Crippen molar-refractivity contribution in [3.63, 3.8) is 0 Å². The van der Waals surface area contributed by atoms with E-state index in [0.717, 1.165) is 0 Å². The van der Waals surface area contributed by atoms with Gasteiger partial charge in [-0.3, -0.25) is 15.4 Å². The van der Waals surface area contributed by atoms with Gasteiger partial charge in [-0.2, -0.15) is 0 Å². The quantitative estimate of drug-likeness (QED) is 0.755. The molecule has 6 nitrogen and oxygen atoms in total. The van der Waals surface area contributed by atoms with Crippen molar-refractivity contribution in [2.75, 3.05) is 10.6 Å². The monoisotopic (exact) mass is 247 g/mol. The number of imide groups is 1. The van der Waals surface area contributed by atoms with Gasteiger partial charge in [0.25, 0.3) is 0 Å². The molecule has 2 N–H and O–H groups in total. The van der Waals surface area contributed by atoms with Gasteiger partial charge >= 0.3 is 6.03 Å². The second-order valence-electron chi connectivity index (χ2n) is 2.02. The molecule has 7 heteroatoms. The molecule has 0 unspecified atom stereocenters. The van der Waals surface area contributed by atoms with Crippen LogP contribution in [0.15, 0.2) is 16.9 Å². The fraction of sp³-hybridized carbons (Fsp3) is 0.167. The van der Waals surface area contributed by atoms with Crippen LogP contribution in [-0.2, 0) is 4.79 Å². The summed E-state index contributed by atoms with van der Waals surface area (Å²) in [6.45, 7) is 0. The summed E-state index contributed by atoms with van der Waals surface area (Å²) in [7, 11) is 0. The van der Waals surface area contributed by atoms with E-state index in [4.69, 9.17) is 0 Å². The molecule has 0 aromatic carbocycles. The van der Waals surface area contributed by atoms with Crippen molar-refractivity contribution in [3.05, 3.63) is 12.3 Å². The summed E-state index contributed by atoms with van der Waals surface area (Å²) in [5, 5.41) is 7.83. The van der Waals surface area contributed by atoms with E-state index in [0.29, 0.717) is 0 Å². The van der Waals surface area contributed by atoms with Gasteiger partial charge < -0.3 is 4.52 Å². The number of halogens is 1. The van der Waals surface area contributed by atoms with E-state index in [9.17, 15) is 9.59 Å². The number of nitrogens with zero attached hydrogens (tertiary/aromatic N) is 1. The Morgan fingerprint density at radius 2 is 2.38 bits per heavy atom. The third kappa shape index (κ3) is 3.24. The van der Waals surface area contributed by atoms with Crippen LogP contribution in [0.1, 0.15) is 0 Å². The molecule has 1 aromatic heterocycles. The summed E-state index contributed by atoms with van der Waals surface area (Å²) in [5.74, 6) is -0.180. The van der Waals surface area contributed by atoms with Crippen LogP contribution in [0, 0.1) is 0 Å². The summed E-state index contributed by atoms with van der Waals surface area (Å²) in [6, 6.07) is 0.816. The van der Waals surface area contributed by atoms with Crippen molar-refractivity contribution in [3.8, 4) is 0 Å². The van der Waals surface area contributed by atoms with Gasteiger partial charge in [0.2, 0.25) is 5.91 Å². The predicted octanol–water partition coefficient (Wildman–Crippen LogP) is 0.718. The van der Waals surface area contributed by atoms with Crippen LogP contribution >= 0.6 is 15.9 Å². The molecule has 0 aliphatic heterocycles. The molecular weight excluding hydrogens is 242 g/mol. The molecule has 1 rings (SSSR count). The van der Waals surface area contributed by atoms with Crippen molar-refractivity contribution in [2.24, 2.45) is 0 Å². The van der Waals surface area contributed by atoms with Crippen LogP contribution in [-0.4, -0.2) is 22.4 Å². The van der Waals surface area contributed by atoms with Gasteiger partial charge in [0.05, 0.1) is 5.33 Å². The standard InChI is InChI=1S/C6H6BrN3O3/c7-3-5(11)9-6(12)8-4-1-2-13-10-4/h1-2H,3H2,(H2,8,9,10,11,12). The average Bonchev–Trinajstić information content (AvgIpc) is 2.56. The molecule has 0 fully saturated rings. The van der Waals surface area contributed by atoms with Crippen molar-refractivity contribution in [1.29, 1.82) is 0 Å². The fourth-order valence-corrected chi connectivity index (χ4v) is 0.725. The van der Waals surface area contributed by atoms with Crippen LogP contribution in [0.25, 0.3) is 0 Å². The van der Waals surface area contributed by atoms with E-state index < -0.39 is 11.9 Å². The van der Waals surface area contributed by atoms with E-state index in [1.807, 2.05) is 0 Å². The van der Waals surface area contributed by atoms with Crippen LogP contribution in [0.2, 0.25) is 0 Å². The lowest BCUT2D eigenvalue weighted by molar-refractivity contribution is -0.117. The lowest BCUT2D eigenvalue weighted by Crippen LogP contribution is -2.35. The van der Waals surface area contributed by atoms with Crippen LogP contribution in [0.3, 0.4) is 0 Å². The van der Waals surface area contributed by atoms with Gasteiger partial charge in [-0.05, 0) is 0 Å². The zero-order valence-electron chi connectivity index (χ0n) is 6.41. The van der Waals surface area contributed by atoms with Gasteiger partial charge in [0.15, 0.2) is 5.82 Å². The summed E-state index contributed by atoms with van der Waals surface area (Å²) in [6.07, 6.45) is 1.31. The highest BCUT2D eigenvalue weighted by molar-refractivity contribution is 9.09. The number of aromatic nitrogens is 1. The Kier molecular flexibility index (Phi) is 3.44. The highest BCUT2D eigenvalue weighted by Crippen LogP contribution is 1.99. The second-order valence-corrected chi connectivity index (χ2v) is 2.58. The van der Waals surface area contributed by atoms with Crippen molar-refractivity contribution in [2.45, 2.75) is 0 Å². The number of hydrogen-bond acceptors (Lipinski definition) is 4. The largest absolute Gasteiger partial charge is 0.363 e. The summed E-state index contributed by atoms with van der Waals surface area (Å²) >= 11 is 2.90. The molecule has 0 spiro atoms. The Morgan fingerprint density at radius 1 is 1.62 bits per heavy atom. The van der Waals surface area contributed by atoms with Gasteiger partial charge in [-0.1, -0.05) is 21.1 Å². The third-order valence-electron chi connectivity index (χ3n) is 1.05. The third-order valence-corrected chi connectivity index (χ3v) is 1.56. The van der Waals surface area contributed by atoms with Gasteiger partial charge in [0, 0.05) is 6.07 Å². The molecular formula is C6H6BrN3O3. The minimum absolute atomic E-state index is 0.0687. The molecule has 0 aliphatic rings. The molecule has 0 saturated carbocycles. The highest BCUT2D eigenvalue weighted by Gasteiger charge is 2.06. The number of amides is 3. The summed E-state index contributed by atoms with van der Waals surface area (Å²) in [5.41, 5.74) is 0. The molecule has 1 aromatic rings. The molecule has 0 atom stereocenters. The molecule has 3 amide bonds. The number of urea groups is 1. The van der Waals surface area contributed by atoms with Gasteiger partial charge in [-0.25, -0.2) is 4.79 Å². The number of carbonyl (C=O) groups is 2. The molecule has 0 saturated heterocycles. The highest BCUT2D eigenvalue weighted by atomic mass is 79.9. The zero-order valence-corrected chi connectivity index (χ0v) is 8.00. The smallest absolute Gasteiger partial charge is 0.327 e. The number of anilines is 1. The minimum Gasteiger partial charge on any atom is -0.363 e. The normalized spacial score (nSPS) is 9.31. The Bertz CT molecular complexity index is 298. The lowest BCUT2D eigenvalue weighted by atomic mass is 10.6. The molecule has 0 aliphatic carbocycles. The zero-order chi connectivity index (χ0) is 9.68. The lowest BCUT2D eigenvalue weighted by Gasteiger charge is -2.00. The van der Waals surface area contributed by atoms with Crippen LogP contribution < -0.4 is 10.6 Å². The number of nitrogens with one attached hydrogen (secondary N) is 2. The Morgan fingerprint density at radius 3 is 2.92 bits per heavy atom. The van der Waals surface area contributed by atoms with E-state index in [1.165, 1.54) is 12.3 Å². The summed E-state index contributed by atoms with van der Waals surface area (Å²) in [4.78, 5) is 21.6. The number of carbonyl (C=O) groups excluding carboxylic acids is 2. The minimum atomic E-state index is -0.640. The average molecular weight is 248 g/mol. The van der Waals surface area contributed by atoms with Crippen LogP contribution in [0.4, 0.5) is 10.6 Å². The number of alkyl halides is 1. The van der Waals surface area contributed by atoms with Crippen LogP contribution in [0.5, 0.6) is 0 Å². The van der Waals surface area contributed by atoms with Gasteiger partial charge in [-0.15, -0.1) is 0 Å². The van der Waals surface area contributed by atoms with E-state index >= 15 is 0 Å².